The first-order chi connectivity index (χ1) is 17.1. The Kier molecular flexibility index (Phi) is 8.13. The number of carbonyl (C=O) groups is 1. The SMILES string of the molecule is CCOc1ccc(CNC(=O)[C@@H]2CCCN(c3ncc(-c4cccc(F)c4)cn3)C2)cc1OCC. The van der Waals surface area contributed by atoms with E-state index < -0.39 is 0 Å². The van der Waals surface area contributed by atoms with Crippen LogP contribution in [0, 0.1) is 11.7 Å². The molecule has 0 radical (unpaired) electrons. The number of halogens is 1. The summed E-state index contributed by atoms with van der Waals surface area (Å²) < 4.78 is 24.8. The topological polar surface area (TPSA) is 76.6 Å². The first-order valence-corrected chi connectivity index (χ1v) is 12.1. The third kappa shape index (κ3) is 6.26. The van der Waals surface area contributed by atoms with Crippen LogP contribution in [0.4, 0.5) is 10.3 Å². The van der Waals surface area contributed by atoms with Crippen LogP contribution < -0.4 is 19.7 Å². The van der Waals surface area contributed by atoms with E-state index in [1.54, 1.807) is 18.5 Å². The molecule has 184 valence electrons. The minimum Gasteiger partial charge on any atom is -0.490 e. The number of benzene rings is 2. The second-order valence-corrected chi connectivity index (χ2v) is 8.43. The largest absolute Gasteiger partial charge is 0.490 e. The van der Waals surface area contributed by atoms with Crippen LogP contribution in [0.1, 0.15) is 32.3 Å². The molecule has 4 rings (SSSR count). The third-order valence-electron chi connectivity index (χ3n) is 5.95. The van der Waals surface area contributed by atoms with Crippen molar-refractivity contribution in [1.29, 1.82) is 0 Å². The average molecular weight is 479 g/mol. The summed E-state index contributed by atoms with van der Waals surface area (Å²) in [4.78, 5) is 23.9. The molecule has 3 aromatic rings. The molecule has 1 aliphatic heterocycles. The second-order valence-electron chi connectivity index (χ2n) is 8.43. The number of aromatic nitrogens is 2. The zero-order valence-corrected chi connectivity index (χ0v) is 20.2. The fraction of sp³-hybridized carbons (Fsp3) is 0.370. The standard InChI is InChI=1S/C27H31FN4O3/c1-3-34-24-11-10-19(13-25(24)35-4-2)15-29-26(33)21-8-6-12-32(18-21)27-30-16-22(17-31-27)20-7-5-9-23(28)14-20/h5,7,9-11,13-14,16-17,21H,3-4,6,8,12,15,18H2,1-2H3,(H,29,33)/t21-/m1/s1. The smallest absolute Gasteiger partial charge is 0.225 e. The number of rotatable bonds is 9. The van der Waals surface area contributed by atoms with Gasteiger partial charge in [-0.15, -0.1) is 0 Å². The van der Waals surface area contributed by atoms with Crippen molar-refractivity contribution < 1.29 is 18.7 Å². The molecule has 0 unspecified atom stereocenters. The molecule has 1 saturated heterocycles. The lowest BCUT2D eigenvalue weighted by atomic mass is 9.97. The first-order valence-electron chi connectivity index (χ1n) is 12.1. The summed E-state index contributed by atoms with van der Waals surface area (Å²) in [6.45, 7) is 6.72. The molecule has 1 aliphatic rings. The second kappa shape index (κ2) is 11.6. The number of piperidine rings is 1. The van der Waals surface area contributed by atoms with E-state index in [1.165, 1.54) is 12.1 Å². The Morgan fingerprint density at radius 2 is 1.83 bits per heavy atom. The molecule has 0 bridgehead atoms. The van der Waals surface area contributed by atoms with Crippen LogP contribution >= 0.6 is 0 Å². The Morgan fingerprint density at radius 3 is 2.57 bits per heavy atom. The molecule has 8 heteroatoms. The Morgan fingerprint density at radius 1 is 1.06 bits per heavy atom. The molecule has 1 fully saturated rings. The summed E-state index contributed by atoms with van der Waals surface area (Å²) >= 11 is 0. The summed E-state index contributed by atoms with van der Waals surface area (Å²) in [6, 6.07) is 12.1. The highest BCUT2D eigenvalue weighted by atomic mass is 19.1. The highest BCUT2D eigenvalue weighted by molar-refractivity contribution is 5.79. The van der Waals surface area contributed by atoms with Gasteiger partial charge >= 0.3 is 0 Å². The molecule has 1 amide bonds. The molecule has 1 aromatic heterocycles. The molecule has 2 heterocycles. The quantitative estimate of drug-likeness (QED) is 0.484. The van der Waals surface area contributed by atoms with Gasteiger partial charge in [0.05, 0.1) is 19.1 Å². The molecule has 0 saturated carbocycles. The number of nitrogens with zero attached hydrogens (tertiary/aromatic N) is 3. The summed E-state index contributed by atoms with van der Waals surface area (Å²) in [5.74, 6) is 1.54. The van der Waals surface area contributed by atoms with Crippen LogP contribution in [0.5, 0.6) is 11.5 Å². The Balaban J connectivity index is 1.35. The van der Waals surface area contributed by atoms with Crippen molar-refractivity contribution in [3.05, 3.63) is 66.2 Å². The van der Waals surface area contributed by atoms with Crippen LogP contribution in [0.25, 0.3) is 11.1 Å². The molecular weight excluding hydrogens is 447 g/mol. The van der Waals surface area contributed by atoms with Gasteiger partial charge in [-0.1, -0.05) is 18.2 Å². The van der Waals surface area contributed by atoms with E-state index in [0.717, 1.165) is 36.1 Å². The highest BCUT2D eigenvalue weighted by Crippen LogP contribution is 2.29. The Bertz CT molecular complexity index is 1140. The van der Waals surface area contributed by atoms with E-state index in [4.69, 9.17) is 9.47 Å². The molecule has 0 aliphatic carbocycles. The van der Waals surface area contributed by atoms with Gasteiger partial charge in [0.25, 0.3) is 0 Å². The number of hydrogen-bond acceptors (Lipinski definition) is 6. The molecule has 35 heavy (non-hydrogen) atoms. The number of ether oxygens (including phenoxy) is 2. The van der Waals surface area contributed by atoms with Gasteiger partial charge in [-0.3, -0.25) is 4.79 Å². The zero-order valence-electron chi connectivity index (χ0n) is 20.2. The van der Waals surface area contributed by atoms with E-state index in [1.807, 2.05) is 43.0 Å². The van der Waals surface area contributed by atoms with Gasteiger partial charge < -0.3 is 19.7 Å². The fourth-order valence-electron chi connectivity index (χ4n) is 4.21. The number of amides is 1. The van der Waals surface area contributed by atoms with E-state index in [9.17, 15) is 9.18 Å². The summed E-state index contributed by atoms with van der Waals surface area (Å²) in [7, 11) is 0. The maximum Gasteiger partial charge on any atom is 0.225 e. The normalized spacial score (nSPS) is 15.5. The van der Waals surface area contributed by atoms with Crippen molar-refractivity contribution in [2.45, 2.75) is 33.2 Å². The summed E-state index contributed by atoms with van der Waals surface area (Å²) in [6.07, 6.45) is 5.09. The van der Waals surface area contributed by atoms with E-state index in [0.29, 0.717) is 43.8 Å². The molecular formula is C27H31FN4O3. The fourth-order valence-corrected chi connectivity index (χ4v) is 4.21. The van der Waals surface area contributed by atoms with E-state index in [-0.39, 0.29) is 17.6 Å². The van der Waals surface area contributed by atoms with Crippen molar-refractivity contribution in [3.8, 4) is 22.6 Å². The number of carbonyl (C=O) groups excluding carboxylic acids is 1. The monoisotopic (exact) mass is 478 g/mol. The van der Waals surface area contributed by atoms with Crippen LogP contribution in [-0.4, -0.2) is 42.2 Å². The van der Waals surface area contributed by atoms with Gasteiger partial charge in [0, 0.05) is 37.6 Å². The Hall–Kier alpha value is -3.68. The predicted octanol–water partition coefficient (Wildman–Crippen LogP) is 4.61. The minimum atomic E-state index is -0.296. The van der Waals surface area contributed by atoms with Crippen LogP contribution in [0.2, 0.25) is 0 Å². The minimum absolute atomic E-state index is 0.0120. The lowest BCUT2D eigenvalue weighted by molar-refractivity contribution is -0.125. The zero-order chi connectivity index (χ0) is 24.6. The maximum absolute atomic E-state index is 13.5. The van der Waals surface area contributed by atoms with Crippen molar-refractivity contribution in [2.75, 3.05) is 31.2 Å². The van der Waals surface area contributed by atoms with E-state index >= 15 is 0 Å². The lowest BCUT2D eigenvalue weighted by Crippen LogP contribution is -2.43. The first kappa shape index (κ1) is 24.4. The summed E-state index contributed by atoms with van der Waals surface area (Å²) in [5, 5.41) is 3.06. The van der Waals surface area contributed by atoms with Gasteiger partial charge in [-0.2, -0.15) is 0 Å². The molecule has 7 nitrogen and oxygen atoms in total. The molecule has 0 spiro atoms. The number of nitrogens with one attached hydrogen (secondary N) is 1. The number of hydrogen-bond donors (Lipinski definition) is 1. The molecule has 1 N–H and O–H groups in total. The molecule has 2 aromatic carbocycles. The van der Waals surface area contributed by atoms with E-state index in [2.05, 4.69) is 15.3 Å². The van der Waals surface area contributed by atoms with Crippen molar-refractivity contribution in [1.82, 2.24) is 15.3 Å². The third-order valence-corrected chi connectivity index (χ3v) is 5.95. The van der Waals surface area contributed by atoms with Crippen molar-refractivity contribution in [3.63, 3.8) is 0 Å². The van der Waals surface area contributed by atoms with Gasteiger partial charge in [0.15, 0.2) is 11.5 Å². The van der Waals surface area contributed by atoms with Crippen LogP contribution in [0.15, 0.2) is 54.9 Å². The van der Waals surface area contributed by atoms with Gasteiger partial charge in [0.2, 0.25) is 11.9 Å². The number of anilines is 1. The summed E-state index contributed by atoms with van der Waals surface area (Å²) in [5.41, 5.74) is 2.43. The molecule has 1 atom stereocenters. The van der Waals surface area contributed by atoms with Gasteiger partial charge in [-0.25, -0.2) is 14.4 Å². The van der Waals surface area contributed by atoms with Gasteiger partial charge in [0.1, 0.15) is 5.82 Å². The predicted molar refractivity (Wildman–Crippen MR) is 133 cm³/mol. The van der Waals surface area contributed by atoms with Crippen LogP contribution in [-0.2, 0) is 11.3 Å². The Labute approximate surface area is 205 Å². The lowest BCUT2D eigenvalue weighted by Gasteiger charge is -2.32. The van der Waals surface area contributed by atoms with Gasteiger partial charge in [-0.05, 0) is 62.1 Å². The van der Waals surface area contributed by atoms with Crippen molar-refractivity contribution in [2.24, 2.45) is 5.92 Å². The highest BCUT2D eigenvalue weighted by Gasteiger charge is 2.27. The maximum atomic E-state index is 13.5. The van der Waals surface area contributed by atoms with Crippen LogP contribution in [0.3, 0.4) is 0 Å². The average Bonchev–Trinajstić information content (AvgIpc) is 2.89. The van der Waals surface area contributed by atoms with Crippen molar-refractivity contribution >= 4 is 11.9 Å².